The molecule has 0 unspecified atom stereocenters. The van der Waals surface area contributed by atoms with E-state index >= 15 is 0 Å². The molecular formula is C8H9BrO2S. The predicted molar refractivity (Wildman–Crippen MR) is 53.4 cm³/mol. The van der Waals surface area contributed by atoms with Crippen LogP contribution in [0.5, 0.6) is 0 Å². The highest BCUT2D eigenvalue weighted by Crippen LogP contribution is 2.18. The zero-order valence-electron chi connectivity index (χ0n) is 6.42. The number of hydrogen-bond acceptors (Lipinski definition) is 2. The zero-order valence-corrected chi connectivity index (χ0v) is 8.82. The van der Waals surface area contributed by atoms with Gasteiger partial charge in [0.25, 0.3) is 0 Å². The third kappa shape index (κ3) is 2.60. The highest BCUT2D eigenvalue weighted by Gasteiger charge is 2.05. The molecule has 4 heteroatoms. The van der Waals surface area contributed by atoms with Gasteiger partial charge in [-0.3, -0.25) is 0 Å². The van der Waals surface area contributed by atoms with Crippen LogP contribution in [-0.2, 0) is 6.42 Å². The van der Waals surface area contributed by atoms with Crippen molar-refractivity contribution in [1.82, 2.24) is 0 Å². The van der Waals surface area contributed by atoms with Gasteiger partial charge in [-0.05, 0) is 25.0 Å². The molecule has 0 aliphatic rings. The van der Waals surface area contributed by atoms with Crippen molar-refractivity contribution in [3.05, 3.63) is 21.9 Å². The topological polar surface area (TPSA) is 37.3 Å². The number of carboxylic acids is 1. The Hall–Kier alpha value is -0.350. The lowest BCUT2D eigenvalue weighted by atomic mass is 10.3. The quantitative estimate of drug-likeness (QED) is 0.833. The van der Waals surface area contributed by atoms with E-state index in [4.69, 9.17) is 5.11 Å². The molecule has 0 radical (unpaired) electrons. The highest BCUT2D eigenvalue weighted by atomic mass is 79.9. The molecule has 0 atom stereocenters. The summed E-state index contributed by atoms with van der Waals surface area (Å²) in [4.78, 5) is 12.1. The van der Waals surface area contributed by atoms with E-state index < -0.39 is 5.97 Å². The molecule has 1 aromatic rings. The number of carboxylic acid groups (broad SMARTS) is 1. The Labute approximate surface area is 83.4 Å². The van der Waals surface area contributed by atoms with Gasteiger partial charge in [0.15, 0.2) is 0 Å². The molecule has 12 heavy (non-hydrogen) atoms. The monoisotopic (exact) mass is 248 g/mol. The smallest absolute Gasteiger partial charge is 0.345 e. The van der Waals surface area contributed by atoms with E-state index in [1.165, 1.54) is 11.3 Å². The minimum Gasteiger partial charge on any atom is -0.477 e. The molecule has 1 heterocycles. The lowest BCUT2D eigenvalue weighted by Crippen LogP contribution is -1.89. The van der Waals surface area contributed by atoms with Crippen molar-refractivity contribution in [3.8, 4) is 0 Å². The first-order chi connectivity index (χ1) is 5.74. The third-order valence-corrected chi connectivity index (χ3v) is 3.12. The molecule has 0 saturated carbocycles. The minimum absolute atomic E-state index is 0.430. The van der Waals surface area contributed by atoms with Gasteiger partial charge >= 0.3 is 5.97 Å². The van der Waals surface area contributed by atoms with Crippen LogP contribution in [0, 0.1) is 0 Å². The molecular weight excluding hydrogens is 240 g/mol. The fourth-order valence-electron chi connectivity index (χ4n) is 0.868. The Kier molecular flexibility index (Phi) is 3.75. The molecule has 66 valence electrons. The van der Waals surface area contributed by atoms with E-state index in [-0.39, 0.29) is 0 Å². The van der Waals surface area contributed by atoms with Crippen molar-refractivity contribution in [2.24, 2.45) is 0 Å². The summed E-state index contributed by atoms with van der Waals surface area (Å²) in [7, 11) is 0. The number of carbonyl (C=O) groups is 1. The van der Waals surface area contributed by atoms with Crippen molar-refractivity contribution in [2.75, 3.05) is 5.33 Å². The maximum absolute atomic E-state index is 10.5. The second kappa shape index (κ2) is 4.62. The summed E-state index contributed by atoms with van der Waals surface area (Å²) in [6, 6.07) is 3.55. The largest absolute Gasteiger partial charge is 0.477 e. The van der Waals surface area contributed by atoms with E-state index in [0.717, 1.165) is 23.0 Å². The van der Waals surface area contributed by atoms with Crippen LogP contribution < -0.4 is 0 Å². The van der Waals surface area contributed by atoms with E-state index in [9.17, 15) is 4.79 Å². The third-order valence-electron chi connectivity index (χ3n) is 1.43. The van der Waals surface area contributed by atoms with E-state index in [1.54, 1.807) is 6.07 Å². The van der Waals surface area contributed by atoms with Crippen LogP contribution >= 0.6 is 27.3 Å². The van der Waals surface area contributed by atoms with Crippen molar-refractivity contribution in [1.29, 1.82) is 0 Å². The Bertz CT molecular complexity index is 270. The minimum atomic E-state index is -0.829. The summed E-state index contributed by atoms with van der Waals surface area (Å²) in [5.41, 5.74) is 0. The molecule has 0 spiro atoms. The van der Waals surface area contributed by atoms with Gasteiger partial charge in [-0.25, -0.2) is 4.79 Å². The van der Waals surface area contributed by atoms with Crippen LogP contribution in [0.3, 0.4) is 0 Å². The first kappa shape index (κ1) is 9.74. The number of aryl methyl sites for hydroxylation is 1. The van der Waals surface area contributed by atoms with E-state index in [0.29, 0.717) is 4.88 Å². The number of alkyl halides is 1. The molecule has 0 aliphatic carbocycles. The van der Waals surface area contributed by atoms with Gasteiger partial charge in [0, 0.05) is 10.2 Å². The first-order valence-corrected chi connectivity index (χ1v) is 5.56. The van der Waals surface area contributed by atoms with Crippen molar-refractivity contribution in [2.45, 2.75) is 12.8 Å². The van der Waals surface area contributed by atoms with Crippen LogP contribution in [0.2, 0.25) is 0 Å². The lowest BCUT2D eigenvalue weighted by Gasteiger charge is -1.90. The van der Waals surface area contributed by atoms with Gasteiger partial charge in [-0.15, -0.1) is 11.3 Å². The molecule has 0 fully saturated rings. The summed E-state index contributed by atoms with van der Waals surface area (Å²) >= 11 is 4.69. The Morgan fingerprint density at radius 3 is 2.83 bits per heavy atom. The summed E-state index contributed by atoms with van der Waals surface area (Å²) in [6.45, 7) is 0. The van der Waals surface area contributed by atoms with Gasteiger partial charge in [0.2, 0.25) is 0 Å². The molecule has 0 aromatic carbocycles. The van der Waals surface area contributed by atoms with Gasteiger partial charge in [-0.1, -0.05) is 15.9 Å². The molecule has 1 rings (SSSR count). The van der Waals surface area contributed by atoms with Gasteiger partial charge < -0.3 is 5.11 Å². The molecule has 0 amide bonds. The number of aromatic carboxylic acids is 1. The summed E-state index contributed by atoms with van der Waals surface area (Å²) in [5.74, 6) is -0.829. The number of hydrogen-bond donors (Lipinski definition) is 1. The maximum atomic E-state index is 10.5. The normalized spacial score (nSPS) is 10.1. The fraction of sp³-hybridized carbons (Fsp3) is 0.375. The van der Waals surface area contributed by atoms with Crippen LogP contribution in [-0.4, -0.2) is 16.4 Å². The highest BCUT2D eigenvalue weighted by molar-refractivity contribution is 9.09. The maximum Gasteiger partial charge on any atom is 0.345 e. The molecule has 0 aliphatic heterocycles. The van der Waals surface area contributed by atoms with E-state index in [1.807, 2.05) is 6.07 Å². The second-order valence-electron chi connectivity index (χ2n) is 2.36. The van der Waals surface area contributed by atoms with Crippen molar-refractivity contribution >= 4 is 33.2 Å². The zero-order chi connectivity index (χ0) is 8.97. The Morgan fingerprint density at radius 2 is 2.33 bits per heavy atom. The second-order valence-corrected chi connectivity index (χ2v) is 4.32. The average molecular weight is 249 g/mol. The van der Waals surface area contributed by atoms with Gasteiger partial charge in [0.05, 0.1) is 0 Å². The number of thiophene rings is 1. The number of rotatable bonds is 4. The number of halogens is 1. The van der Waals surface area contributed by atoms with Gasteiger partial charge in [-0.2, -0.15) is 0 Å². The van der Waals surface area contributed by atoms with Crippen molar-refractivity contribution < 1.29 is 9.90 Å². The predicted octanol–water partition coefficient (Wildman–Crippen LogP) is 2.77. The Morgan fingerprint density at radius 1 is 1.58 bits per heavy atom. The van der Waals surface area contributed by atoms with Gasteiger partial charge in [0.1, 0.15) is 4.88 Å². The van der Waals surface area contributed by atoms with Crippen LogP contribution in [0.25, 0.3) is 0 Å². The summed E-state index contributed by atoms with van der Waals surface area (Å²) < 4.78 is 0. The Balaban J connectivity index is 2.58. The standard InChI is InChI=1S/C8H9BrO2S/c9-5-1-2-6-3-4-7(12-6)8(10)11/h3-4H,1-2,5H2,(H,10,11). The molecule has 1 N–H and O–H groups in total. The fourth-order valence-corrected chi connectivity index (χ4v) is 2.04. The molecule has 1 aromatic heterocycles. The average Bonchev–Trinajstić information content (AvgIpc) is 2.48. The van der Waals surface area contributed by atoms with Crippen LogP contribution in [0.1, 0.15) is 21.0 Å². The molecule has 0 saturated heterocycles. The lowest BCUT2D eigenvalue weighted by molar-refractivity contribution is 0.0702. The van der Waals surface area contributed by atoms with E-state index in [2.05, 4.69) is 15.9 Å². The first-order valence-electron chi connectivity index (χ1n) is 3.62. The summed E-state index contributed by atoms with van der Waals surface area (Å²) in [5, 5.41) is 9.59. The van der Waals surface area contributed by atoms with Crippen LogP contribution in [0.4, 0.5) is 0 Å². The molecule has 0 bridgehead atoms. The van der Waals surface area contributed by atoms with Crippen molar-refractivity contribution in [3.63, 3.8) is 0 Å². The summed E-state index contributed by atoms with van der Waals surface area (Å²) in [6.07, 6.45) is 2.02. The van der Waals surface area contributed by atoms with Crippen LogP contribution in [0.15, 0.2) is 12.1 Å². The SMILES string of the molecule is O=C(O)c1ccc(CCCBr)s1. The molecule has 2 nitrogen and oxygen atoms in total.